The summed E-state index contributed by atoms with van der Waals surface area (Å²) in [6.07, 6.45) is 1.83. The third kappa shape index (κ3) is 3.21. The van der Waals surface area contributed by atoms with Crippen LogP contribution in [-0.2, 0) is 4.79 Å². The van der Waals surface area contributed by atoms with Crippen LogP contribution in [0.1, 0.15) is 30.7 Å². The number of carbonyl (C=O) groups excluding carboxylic acids is 1. The van der Waals surface area contributed by atoms with Gasteiger partial charge >= 0.3 is 0 Å². The van der Waals surface area contributed by atoms with Gasteiger partial charge in [-0.1, -0.05) is 18.5 Å². The maximum atomic E-state index is 12.0. The third-order valence-corrected chi connectivity index (χ3v) is 4.44. The van der Waals surface area contributed by atoms with Gasteiger partial charge in [0.1, 0.15) is 0 Å². The van der Waals surface area contributed by atoms with Crippen molar-refractivity contribution in [2.45, 2.75) is 25.8 Å². The average molecular weight is 273 g/mol. The normalized spacial score (nSPS) is 21.4. The molecule has 17 heavy (non-hydrogen) atoms. The molecule has 2 heterocycles. The SMILES string of the molecule is CCC(NC(=O)C1CCNC1)c1ccc(Cl)s1. The highest BCUT2D eigenvalue weighted by molar-refractivity contribution is 7.16. The van der Waals surface area contributed by atoms with Crippen LogP contribution in [-0.4, -0.2) is 19.0 Å². The zero-order valence-corrected chi connectivity index (χ0v) is 11.4. The Labute approximate surface area is 111 Å². The van der Waals surface area contributed by atoms with Crippen LogP contribution in [0.15, 0.2) is 12.1 Å². The Morgan fingerprint density at radius 1 is 1.71 bits per heavy atom. The van der Waals surface area contributed by atoms with Gasteiger partial charge in [0.25, 0.3) is 0 Å². The Bertz CT molecular complexity index is 388. The number of rotatable bonds is 4. The van der Waals surface area contributed by atoms with Crippen LogP contribution in [0, 0.1) is 5.92 Å². The Kier molecular flexibility index (Phi) is 4.42. The van der Waals surface area contributed by atoms with Crippen molar-refractivity contribution in [1.29, 1.82) is 0 Å². The molecule has 1 fully saturated rings. The number of hydrogen-bond acceptors (Lipinski definition) is 3. The fourth-order valence-electron chi connectivity index (χ4n) is 2.06. The maximum absolute atomic E-state index is 12.0. The number of halogens is 1. The van der Waals surface area contributed by atoms with E-state index in [2.05, 4.69) is 17.6 Å². The fraction of sp³-hybridized carbons (Fsp3) is 0.583. The summed E-state index contributed by atoms with van der Waals surface area (Å²) in [6.45, 7) is 3.82. The molecule has 1 aliphatic rings. The van der Waals surface area contributed by atoms with Crippen LogP contribution < -0.4 is 10.6 Å². The van der Waals surface area contributed by atoms with Crippen molar-refractivity contribution in [2.24, 2.45) is 5.92 Å². The maximum Gasteiger partial charge on any atom is 0.224 e. The van der Waals surface area contributed by atoms with Gasteiger partial charge in [0.05, 0.1) is 16.3 Å². The summed E-state index contributed by atoms with van der Waals surface area (Å²) in [5.74, 6) is 0.283. The van der Waals surface area contributed by atoms with E-state index in [9.17, 15) is 4.79 Å². The minimum atomic E-state index is 0.0978. The van der Waals surface area contributed by atoms with Crippen molar-refractivity contribution in [3.05, 3.63) is 21.3 Å². The van der Waals surface area contributed by atoms with E-state index in [1.54, 1.807) is 11.3 Å². The van der Waals surface area contributed by atoms with E-state index in [0.717, 1.165) is 35.1 Å². The van der Waals surface area contributed by atoms with Crippen molar-refractivity contribution < 1.29 is 4.79 Å². The molecule has 1 aromatic rings. The quantitative estimate of drug-likeness (QED) is 0.885. The van der Waals surface area contributed by atoms with Crippen molar-refractivity contribution in [3.63, 3.8) is 0 Å². The van der Waals surface area contributed by atoms with E-state index in [-0.39, 0.29) is 17.9 Å². The molecule has 3 nitrogen and oxygen atoms in total. The summed E-state index contributed by atoms with van der Waals surface area (Å²) in [5, 5.41) is 6.32. The van der Waals surface area contributed by atoms with Gasteiger partial charge in [0, 0.05) is 11.4 Å². The molecular weight excluding hydrogens is 256 g/mol. The van der Waals surface area contributed by atoms with Gasteiger partial charge in [-0.15, -0.1) is 11.3 Å². The molecule has 1 aliphatic heterocycles. The first-order valence-corrected chi connectivity index (χ1v) is 7.16. The van der Waals surface area contributed by atoms with Crippen LogP contribution in [0.3, 0.4) is 0 Å². The third-order valence-electron chi connectivity index (χ3n) is 3.09. The molecule has 0 bridgehead atoms. The highest BCUT2D eigenvalue weighted by atomic mass is 35.5. The Morgan fingerprint density at radius 3 is 3.06 bits per heavy atom. The summed E-state index contributed by atoms with van der Waals surface area (Å²) in [6, 6.07) is 3.97. The summed E-state index contributed by atoms with van der Waals surface area (Å²) >= 11 is 7.46. The standard InChI is InChI=1S/C12H17ClN2OS/c1-2-9(10-3-4-11(13)17-10)15-12(16)8-5-6-14-7-8/h3-4,8-9,14H,2,5-7H2,1H3,(H,15,16). The molecule has 1 aromatic heterocycles. The van der Waals surface area contributed by atoms with E-state index in [0.29, 0.717) is 0 Å². The minimum absolute atomic E-state index is 0.0978. The summed E-state index contributed by atoms with van der Waals surface area (Å²) < 4.78 is 0.773. The fourth-order valence-corrected chi connectivity index (χ4v) is 3.25. The lowest BCUT2D eigenvalue weighted by Crippen LogP contribution is -2.34. The predicted molar refractivity (Wildman–Crippen MR) is 71.5 cm³/mol. The minimum Gasteiger partial charge on any atom is -0.348 e. The lowest BCUT2D eigenvalue weighted by Gasteiger charge is -2.18. The van der Waals surface area contributed by atoms with Gasteiger partial charge in [-0.3, -0.25) is 4.79 Å². The molecule has 2 N–H and O–H groups in total. The predicted octanol–water partition coefficient (Wildman–Crippen LogP) is 2.58. The largest absolute Gasteiger partial charge is 0.348 e. The van der Waals surface area contributed by atoms with Crippen molar-refractivity contribution in [1.82, 2.24) is 10.6 Å². The lowest BCUT2D eigenvalue weighted by atomic mass is 10.1. The van der Waals surface area contributed by atoms with Crippen molar-refractivity contribution in [2.75, 3.05) is 13.1 Å². The van der Waals surface area contributed by atoms with E-state index in [1.807, 2.05) is 12.1 Å². The zero-order chi connectivity index (χ0) is 12.3. The van der Waals surface area contributed by atoms with E-state index in [1.165, 1.54) is 0 Å². The van der Waals surface area contributed by atoms with Gasteiger partial charge in [-0.25, -0.2) is 0 Å². The second-order valence-corrected chi connectivity index (χ2v) is 6.05. The van der Waals surface area contributed by atoms with Gasteiger partial charge < -0.3 is 10.6 Å². The second-order valence-electron chi connectivity index (χ2n) is 4.30. The number of thiophene rings is 1. The van der Waals surface area contributed by atoms with Crippen LogP contribution in [0.25, 0.3) is 0 Å². The highest BCUT2D eigenvalue weighted by Crippen LogP contribution is 2.28. The molecule has 1 saturated heterocycles. The molecule has 0 aliphatic carbocycles. The number of carbonyl (C=O) groups is 1. The van der Waals surface area contributed by atoms with Crippen LogP contribution in [0.2, 0.25) is 4.34 Å². The number of hydrogen-bond donors (Lipinski definition) is 2. The number of amides is 1. The van der Waals surface area contributed by atoms with E-state index in [4.69, 9.17) is 11.6 Å². The first-order valence-electron chi connectivity index (χ1n) is 5.97. The van der Waals surface area contributed by atoms with Gasteiger partial charge in [0.2, 0.25) is 5.91 Å². The Hall–Kier alpha value is -0.580. The molecule has 1 amide bonds. The lowest BCUT2D eigenvalue weighted by molar-refractivity contribution is -0.125. The first-order chi connectivity index (χ1) is 8.20. The van der Waals surface area contributed by atoms with Crippen LogP contribution >= 0.6 is 22.9 Å². The van der Waals surface area contributed by atoms with Crippen LogP contribution in [0.5, 0.6) is 0 Å². The van der Waals surface area contributed by atoms with Crippen molar-refractivity contribution in [3.8, 4) is 0 Å². The van der Waals surface area contributed by atoms with Gasteiger partial charge in [-0.2, -0.15) is 0 Å². The zero-order valence-electron chi connectivity index (χ0n) is 9.83. The second kappa shape index (κ2) is 5.85. The monoisotopic (exact) mass is 272 g/mol. The van der Waals surface area contributed by atoms with Gasteiger partial charge in [0.15, 0.2) is 0 Å². The summed E-state index contributed by atoms with van der Waals surface area (Å²) in [7, 11) is 0. The Morgan fingerprint density at radius 2 is 2.53 bits per heavy atom. The summed E-state index contributed by atoms with van der Waals surface area (Å²) in [5.41, 5.74) is 0. The molecule has 2 atom stereocenters. The van der Waals surface area contributed by atoms with Gasteiger partial charge in [-0.05, 0) is 31.5 Å². The average Bonchev–Trinajstić information content (AvgIpc) is 2.96. The van der Waals surface area contributed by atoms with E-state index >= 15 is 0 Å². The van der Waals surface area contributed by atoms with Crippen molar-refractivity contribution >= 4 is 28.8 Å². The number of nitrogens with one attached hydrogen (secondary N) is 2. The molecule has 0 spiro atoms. The topological polar surface area (TPSA) is 41.1 Å². The molecule has 0 saturated carbocycles. The Balaban J connectivity index is 1.97. The molecule has 94 valence electrons. The highest BCUT2D eigenvalue weighted by Gasteiger charge is 2.24. The van der Waals surface area contributed by atoms with E-state index < -0.39 is 0 Å². The van der Waals surface area contributed by atoms with Crippen LogP contribution in [0.4, 0.5) is 0 Å². The smallest absolute Gasteiger partial charge is 0.224 e. The molecule has 5 heteroatoms. The molecule has 2 unspecified atom stereocenters. The summed E-state index contributed by atoms with van der Waals surface area (Å²) in [4.78, 5) is 13.2. The molecule has 0 aromatic carbocycles. The molecular formula is C12H17ClN2OS. The first kappa shape index (κ1) is 12.9. The molecule has 0 radical (unpaired) electrons. The molecule has 2 rings (SSSR count).